The summed E-state index contributed by atoms with van der Waals surface area (Å²) in [5.74, 6) is 4.10. The minimum Gasteiger partial charge on any atom is -0.493 e. The van der Waals surface area contributed by atoms with Crippen molar-refractivity contribution in [2.45, 2.75) is 19.3 Å². The van der Waals surface area contributed by atoms with Crippen LogP contribution < -0.4 is 25.0 Å². The summed E-state index contributed by atoms with van der Waals surface area (Å²) in [6.07, 6.45) is 6.50. The molecule has 4 aromatic rings. The smallest absolute Gasteiger partial charge is 0.227 e. The van der Waals surface area contributed by atoms with Crippen LogP contribution in [0.25, 0.3) is 10.9 Å². The van der Waals surface area contributed by atoms with Gasteiger partial charge in [-0.25, -0.2) is 15.0 Å². The number of benzene rings is 2. The number of rotatable bonds is 8. The summed E-state index contributed by atoms with van der Waals surface area (Å²) in [4.78, 5) is 25.4. The second kappa shape index (κ2) is 12.1. The molecular formula is C31H38N8O2. The average Bonchev–Trinajstić information content (AvgIpc) is 3.01. The zero-order chi connectivity index (χ0) is 28.2. The first kappa shape index (κ1) is 27.0. The van der Waals surface area contributed by atoms with Crippen molar-refractivity contribution in [1.29, 1.82) is 0 Å². The van der Waals surface area contributed by atoms with Crippen LogP contribution in [0, 0.1) is 5.92 Å². The summed E-state index contributed by atoms with van der Waals surface area (Å²) in [5, 5.41) is 0.964. The van der Waals surface area contributed by atoms with E-state index in [-0.39, 0.29) is 0 Å². The Hall–Kier alpha value is -4.18. The molecule has 2 aromatic carbocycles. The Bertz CT molecular complexity index is 1470. The van der Waals surface area contributed by atoms with Gasteiger partial charge in [-0.05, 0) is 50.5 Å². The first-order valence-electron chi connectivity index (χ1n) is 14.4. The number of piperazine rings is 1. The molecule has 214 valence electrons. The Morgan fingerprint density at radius 2 is 1.66 bits per heavy atom. The number of aromatic nitrogens is 4. The van der Waals surface area contributed by atoms with Crippen molar-refractivity contribution in [2.75, 3.05) is 75.6 Å². The Morgan fingerprint density at radius 3 is 2.39 bits per heavy atom. The van der Waals surface area contributed by atoms with Crippen LogP contribution in [-0.4, -0.2) is 84.9 Å². The molecule has 0 spiro atoms. The summed E-state index contributed by atoms with van der Waals surface area (Å²) < 4.78 is 12.0. The number of hydrogen-bond acceptors (Lipinski definition) is 10. The average molecular weight is 555 g/mol. The van der Waals surface area contributed by atoms with Crippen LogP contribution in [0.4, 0.5) is 17.6 Å². The van der Waals surface area contributed by atoms with Crippen LogP contribution in [0.2, 0.25) is 0 Å². The van der Waals surface area contributed by atoms with Crippen molar-refractivity contribution in [3.63, 3.8) is 0 Å². The highest BCUT2D eigenvalue weighted by Gasteiger charge is 2.24. The number of fused-ring (bicyclic) bond motifs is 1. The lowest BCUT2D eigenvalue weighted by molar-refractivity contribution is 0.157. The number of nitrogen functional groups attached to an aromatic ring is 1. The molecule has 2 aliphatic heterocycles. The Labute approximate surface area is 241 Å². The molecule has 2 N–H and O–H groups in total. The largest absolute Gasteiger partial charge is 0.493 e. The second-order valence-corrected chi connectivity index (χ2v) is 11.0. The number of likely N-dealkylation sites (tertiary alicyclic amines) is 1. The highest BCUT2D eigenvalue weighted by Crippen LogP contribution is 2.36. The maximum atomic E-state index is 6.34. The molecule has 0 radical (unpaired) electrons. The molecule has 0 saturated carbocycles. The van der Waals surface area contributed by atoms with Crippen molar-refractivity contribution in [1.82, 2.24) is 24.8 Å². The fourth-order valence-electron chi connectivity index (χ4n) is 5.64. The minimum atomic E-state index is 0.532. The number of hydrogen-bond donors (Lipinski definition) is 1. The summed E-state index contributed by atoms with van der Waals surface area (Å²) >= 11 is 0. The highest BCUT2D eigenvalue weighted by molar-refractivity contribution is 5.92. The summed E-state index contributed by atoms with van der Waals surface area (Å²) in [5.41, 5.74) is 9.31. The minimum absolute atomic E-state index is 0.532. The lowest BCUT2D eigenvalue weighted by Gasteiger charge is -2.35. The second-order valence-electron chi connectivity index (χ2n) is 11.0. The molecule has 0 amide bonds. The molecule has 2 aliphatic rings. The van der Waals surface area contributed by atoms with Crippen molar-refractivity contribution >= 4 is 28.5 Å². The van der Waals surface area contributed by atoms with Crippen LogP contribution in [0.3, 0.4) is 0 Å². The number of ether oxygens (including phenoxy) is 2. The molecule has 6 rings (SSSR count). The molecule has 0 atom stereocenters. The molecule has 2 saturated heterocycles. The van der Waals surface area contributed by atoms with Gasteiger partial charge >= 0.3 is 0 Å². The predicted molar refractivity (Wildman–Crippen MR) is 162 cm³/mol. The normalized spacial score (nSPS) is 16.7. The first-order chi connectivity index (χ1) is 20.1. The van der Waals surface area contributed by atoms with E-state index in [0.29, 0.717) is 30.0 Å². The Morgan fingerprint density at radius 1 is 0.902 bits per heavy atom. The molecule has 0 unspecified atom stereocenters. The predicted octanol–water partition coefficient (Wildman–Crippen LogP) is 3.65. The summed E-state index contributed by atoms with van der Waals surface area (Å²) in [6, 6.07) is 14.2. The summed E-state index contributed by atoms with van der Waals surface area (Å²) in [6.45, 7) is 5.99. The molecule has 0 aliphatic carbocycles. The number of methoxy groups -OCH3 is 1. The van der Waals surface area contributed by atoms with E-state index < -0.39 is 0 Å². The molecule has 0 bridgehead atoms. The van der Waals surface area contributed by atoms with Crippen LogP contribution in [-0.2, 0) is 6.42 Å². The van der Waals surface area contributed by atoms with Crippen molar-refractivity contribution in [3.8, 4) is 11.5 Å². The van der Waals surface area contributed by atoms with E-state index in [1.807, 2.05) is 36.5 Å². The molecule has 41 heavy (non-hydrogen) atoms. The van der Waals surface area contributed by atoms with Gasteiger partial charge in [-0.1, -0.05) is 30.3 Å². The third-order valence-electron chi connectivity index (χ3n) is 8.20. The van der Waals surface area contributed by atoms with Gasteiger partial charge in [0, 0.05) is 55.8 Å². The maximum absolute atomic E-state index is 6.34. The number of anilines is 3. The van der Waals surface area contributed by atoms with Crippen molar-refractivity contribution < 1.29 is 9.47 Å². The van der Waals surface area contributed by atoms with Crippen LogP contribution in [0.5, 0.6) is 11.5 Å². The van der Waals surface area contributed by atoms with Gasteiger partial charge in [-0.15, -0.1) is 0 Å². The van der Waals surface area contributed by atoms with Gasteiger partial charge < -0.3 is 29.9 Å². The third kappa shape index (κ3) is 6.12. The first-order valence-corrected chi connectivity index (χ1v) is 14.4. The maximum Gasteiger partial charge on any atom is 0.227 e. The molecule has 2 fully saturated rings. The Kier molecular flexibility index (Phi) is 8.00. The number of nitrogens with two attached hydrogens (primary N) is 1. The topological polar surface area (TPSA) is 106 Å². The quantitative estimate of drug-likeness (QED) is 0.347. The van der Waals surface area contributed by atoms with Gasteiger partial charge in [0.05, 0.1) is 19.2 Å². The van der Waals surface area contributed by atoms with Crippen molar-refractivity contribution in [2.24, 2.45) is 5.92 Å². The molecule has 10 nitrogen and oxygen atoms in total. The van der Waals surface area contributed by atoms with E-state index in [4.69, 9.17) is 20.2 Å². The lowest BCUT2D eigenvalue weighted by atomic mass is 9.98. The van der Waals surface area contributed by atoms with E-state index >= 15 is 0 Å². The van der Waals surface area contributed by atoms with Crippen LogP contribution >= 0.6 is 0 Å². The molecule has 2 aromatic heterocycles. The zero-order valence-corrected chi connectivity index (χ0v) is 23.9. The summed E-state index contributed by atoms with van der Waals surface area (Å²) in [7, 11) is 3.85. The zero-order valence-electron chi connectivity index (χ0n) is 23.9. The third-order valence-corrected chi connectivity index (χ3v) is 8.20. The van der Waals surface area contributed by atoms with Crippen molar-refractivity contribution in [3.05, 3.63) is 66.1 Å². The Balaban J connectivity index is 1.14. The van der Waals surface area contributed by atoms with Gasteiger partial charge in [-0.3, -0.25) is 0 Å². The van der Waals surface area contributed by atoms with E-state index in [1.54, 1.807) is 13.4 Å². The number of piperidine rings is 1. The number of nitrogens with zero attached hydrogens (tertiary/aromatic N) is 7. The highest BCUT2D eigenvalue weighted by atomic mass is 16.5. The van der Waals surface area contributed by atoms with Gasteiger partial charge in [0.25, 0.3) is 0 Å². The monoisotopic (exact) mass is 554 g/mol. The standard InChI is InChI=1S/C31H38N8O2/c1-37-10-8-23(9-11-37)20-41-28-17-25-26(18-27(28)40-2)34-21-35-30(25)38-12-14-39(15-13-38)31-33-19-24(29(32)36-31)16-22-6-4-3-5-7-22/h3-7,17-19,21,23H,8-16,20H2,1-2H3,(H2,32,33,36). The van der Waals surface area contributed by atoms with Crippen LogP contribution in [0.1, 0.15) is 24.0 Å². The van der Waals surface area contributed by atoms with Gasteiger partial charge in [0.15, 0.2) is 11.5 Å². The van der Waals surface area contributed by atoms with E-state index in [1.165, 1.54) is 5.56 Å². The van der Waals surface area contributed by atoms with Gasteiger partial charge in [0.2, 0.25) is 5.95 Å². The molecule has 4 heterocycles. The SMILES string of the molecule is COc1cc2ncnc(N3CCN(c4ncc(Cc5ccccc5)c(N)n4)CC3)c2cc1OCC1CCN(C)CC1. The van der Waals surface area contributed by atoms with Gasteiger partial charge in [-0.2, -0.15) is 4.98 Å². The molecular weight excluding hydrogens is 516 g/mol. The molecule has 10 heteroatoms. The van der Waals surface area contributed by atoms with Crippen LogP contribution in [0.15, 0.2) is 55.0 Å². The van der Waals surface area contributed by atoms with E-state index in [2.05, 4.69) is 48.8 Å². The fourth-order valence-corrected chi connectivity index (χ4v) is 5.64. The van der Waals surface area contributed by atoms with E-state index in [9.17, 15) is 0 Å². The fraction of sp³-hybridized carbons (Fsp3) is 0.419. The van der Waals surface area contributed by atoms with E-state index in [0.717, 1.165) is 86.6 Å². The lowest BCUT2D eigenvalue weighted by Crippen LogP contribution is -2.47. The van der Waals surface area contributed by atoms with Gasteiger partial charge in [0.1, 0.15) is 18.0 Å².